The van der Waals surface area contributed by atoms with Crippen LogP contribution in [0.3, 0.4) is 0 Å². The van der Waals surface area contributed by atoms with Crippen molar-refractivity contribution < 1.29 is 24.2 Å². The molecule has 3 amide bonds. The van der Waals surface area contributed by atoms with Crippen molar-refractivity contribution in [1.82, 2.24) is 30.1 Å². The van der Waals surface area contributed by atoms with E-state index in [0.29, 0.717) is 38.3 Å². The van der Waals surface area contributed by atoms with Gasteiger partial charge in [0.15, 0.2) is 0 Å². The number of thiazole rings is 1. The molecule has 3 aromatic rings. The summed E-state index contributed by atoms with van der Waals surface area (Å²) in [6.07, 6.45) is 3.55. The van der Waals surface area contributed by atoms with Gasteiger partial charge in [0.25, 0.3) is 5.91 Å². The number of hydrogen-bond acceptors (Lipinski definition) is 8. The van der Waals surface area contributed by atoms with Crippen LogP contribution >= 0.6 is 11.3 Å². The summed E-state index contributed by atoms with van der Waals surface area (Å²) in [5, 5.41) is 17.1. The third-order valence-electron chi connectivity index (χ3n) is 5.88. The van der Waals surface area contributed by atoms with Gasteiger partial charge >= 0.3 is 0 Å². The Morgan fingerprint density at radius 3 is 2.89 bits per heavy atom. The first-order chi connectivity index (χ1) is 17.9. The Morgan fingerprint density at radius 2 is 2.11 bits per heavy atom. The molecule has 1 aromatic carbocycles. The van der Waals surface area contributed by atoms with Gasteiger partial charge in [-0.2, -0.15) is 0 Å². The highest BCUT2D eigenvalue weighted by atomic mass is 32.1. The van der Waals surface area contributed by atoms with Crippen molar-refractivity contribution in [2.45, 2.75) is 38.5 Å². The second-order valence-electron chi connectivity index (χ2n) is 8.70. The second kappa shape index (κ2) is 12.5. The van der Waals surface area contributed by atoms with Gasteiger partial charge in [-0.05, 0) is 31.9 Å². The molecule has 0 saturated carbocycles. The molecule has 2 bridgehead atoms. The van der Waals surface area contributed by atoms with Crippen LogP contribution in [0.1, 0.15) is 30.3 Å². The van der Waals surface area contributed by atoms with Gasteiger partial charge < -0.3 is 29.9 Å². The molecule has 1 aliphatic rings. The molecule has 12 heteroatoms. The summed E-state index contributed by atoms with van der Waals surface area (Å²) < 4.78 is 7.93. The van der Waals surface area contributed by atoms with E-state index in [-0.39, 0.29) is 18.8 Å². The van der Waals surface area contributed by atoms with Crippen LogP contribution in [0.5, 0.6) is 5.75 Å². The fraction of sp³-hybridized carbons (Fsp3) is 0.400. The number of ether oxygens (including phenoxy) is 1. The first kappa shape index (κ1) is 26.3. The lowest BCUT2D eigenvalue weighted by atomic mass is 10.1. The summed E-state index contributed by atoms with van der Waals surface area (Å²) in [6.45, 7) is 2.65. The molecule has 2 atom stereocenters. The molecule has 11 nitrogen and oxygen atoms in total. The Morgan fingerprint density at radius 1 is 1.24 bits per heavy atom. The van der Waals surface area contributed by atoms with E-state index in [2.05, 4.69) is 20.6 Å². The molecule has 0 saturated heterocycles. The van der Waals surface area contributed by atoms with Crippen LogP contribution in [-0.4, -0.2) is 80.6 Å². The fourth-order valence-electron chi connectivity index (χ4n) is 4.02. The monoisotopic (exact) mass is 526 g/mol. The lowest BCUT2D eigenvalue weighted by Gasteiger charge is -2.25. The zero-order valence-corrected chi connectivity index (χ0v) is 21.3. The largest absolute Gasteiger partial charge is 0.494 e. The zero-order chi connectivity index (χ0) is 26.2. The van der Waals surface area contributed by atoms with Crippen LogP contribution in [0.25, 0.3) is 11.4 Å². The molecule has 37 heavy (non-hydrogen) atoms. The summed E-state index contributed by atoms with van der Waals surface area (Å²) in [5.41, 5.74) is 2.69. The fourth-order valence-corrected chi connectivity index (χ4v) is 4.55. The molecular formula is C25H30N6O5S. The maximum absolute atomic E-state index is 13.0. The third kappa shape index (κ3) is 6.92. The molecule has 0 unspecified atom stereocenters. The van der Waals surface area contributed by atoms with Crippen LogP contribution in [0, 0.1) is 0 Å². The first-order valence-electron chi connectivity index (χ1n) is 12.1. The quantitative estimate of drug-likeness (QED) is 0.458. The summed E-state index contributed by atoms with van der Waals surface area (Å²) >= 11 is 1.28. The number of aliphatic hydroxyl groups is 1. The maximum atomic E-state index is 13.0. The molecule has 4 rings (SSSR count). The number of benzene rings is 1. The third-order valence-corrected chi connectivity index (χ3v) is 6.46. The maximum Gasteiger partial charge on any atom is 0.273 e. The molecule has 3 N–H and O–H groups in total. The Balaban J connectivity index is 1.55. The minimum Gasteiger partial charge on any atom is -0.494 e. The molecule has 196 valence electrons. The van der Waals surface area contributed by atoms with E-state index in [0.717, 1.165) is 11.4 Å². The van der Waals surface area contributed by atoms with Crippen LogP contribution in [0.15, 0.2) is 47.5 Å². The zero-order valence-electron chi connectivity index (χ0n) is 20.5. The van der Waals surface area contributed by atoms with E-state index in [9.17, 15) is 19.5 Å². The normalized spacial score (nSPS) is 18.8. The van der Waals surface area contributed by atoms with E-state index in [1.165, 1.54) is 23.2 Å². The van der Waals surface area contributed by atoms with E-state index in [4.69, 9.17) is 4.74 Å². The highest BCUT2D eigenvalue weighted by molar-refractivity contribution is 7.07. The van der Waals surface area contributed by atoms with Gasteiger partial charge in [-0.3, -0.25) is 14.4 Å². The van der Waals surface area contributed by atoms with Crippen LogP contribution in [0.4, 0.5) is 0 Å². The highest BCUT2D eigenvalue weighted by Gasteiger charge is 2.27. The smallest absolute Gasteiger partial charge is 0.273 e. The minimum atomic E-state index is -1.15. The minimum absolute atomic E-state index is 0.236. The lowest BCUT2D eigenvalue weighted by molar-refractivity contribution is -0.131. The number of fused-ring (bicyclic) bond motifs is 4. The van der Waals surface area contributed by atoms with Gasteiger partial charge in [-0.25, -0.2) is 9.97 Å². The van der Waals surface area contributed by atoms with Crippen molar-refractivity contribution >= 4 is 29.1 Å². The number of aromatic nitrogens is 3. The number of nitrogens with one attached hydrogen (secondary N) is 2. The number of amides is 3. The standard InChI is InChI=1S/C25H30N6O5S/c1-17(32)22-24(34)27-7-3-9-30-11-8-26-23(30)18-5-2-6-19(13-18)36-12-4-10-31(14-21(33)29-22)25(35)20-15-37-16-28-20/h2,5-6,8,11,13,15-17,22,32H,3-4,7,9-10,12,14H2,1H3,(H,27,34)(H,29,33)/t17-,22+/m1/s1. The lowest BCUT2D eigenvalue weighted by Crippen LogP contribution is -2.55. The van der Waals surface area contributed by atoms with Crippen molar-refractivity contribution in [3.05, 3.63) is 53.2 Å². The van der Waals surface area contributed by atoms with Crippen molar-refractivity contribution in [2.24, 2.45) is 0 Å². The highest BCUT2D eigenvalue weighted by Crippen LogP contribution is 2.23. The SMILES string of the molecule is C[C@@H](O)[C@@H]1NC(=O)CN(C(=O)c2cscn2)CCCOc2cccc(c2)-c2nccn2CCCNC1=O. The molecule has 3 heterocycles. The van der Waals surface area contributed by atoms with E-state index in [1.807, 2.05) is 35.0 Å². The molecule has 2 aromatic heterocycles. The van der Waals surface area contributed by atoms with Crippen LogP contribution in [-0.2, 0) is 16.1 Å². The average molecular weight is 527 g/mol. The van der Waals surface area contributed by atoms with Crippen LogP contribution in [0.2, 0.25) is 0 Å². The number of carbonyl (C=O) groups excluding carboxylic acids is 3. The van der Waals surface area contributed by atoms with Gasteiger partial charge in [0.2, 0.25) is 11.8 Å². The Bertz CT molecular complexity index is 1210. The number of carbonyl (C=O) groups is 3. The van der Waals surface area contributed by atoms with E-state index >= 15 is 0 Å². The summed E-state index contributed by atoms with van der Waals surface area (Å²) in [7, 11) is 0. The summed E-state index contributed by atoms with van der Waals surface area (Å²) in [4.78, 5) is 48.5. The van der Waals surface area contributed by atoms with E-state index < -0.39 is 29.9 Å². The molecule has 0 spiro atoms. The summed E-state index contributed by atoms with van der Waals surface area (Å²) in [6, 6.07) is 6.46. The van der Waals surface area contributed by atoms with Gasteiger partial charge in [-0.15, -0.1) is 11.3 Å². The van der Waals surface area contributed by atoms with Gasteiger partial charge in [0.1, 0.15) is 23.3 Å². The Kier molecular flexibility index (Phi) is 8.86. The number of rotatable bonds is 2. The molecule has 0 fully saturated rings. The first-order valence-corrected chi connectivity index (χ1v) is 13.0. The van der Waals surface area contributed by atoms with Gasteiger partial charge in [0, 0.05) is 43.0 Å². The second-order valence-corrected chi connectivity index (χ2v) is 9.42. The number of hydrogen-bond donors (Lipinski definition) is 3. The number of aliphatic hydroxyl groups excluding tert-OH is 1. The average Bonchev–Trinajstić information content (AvgIpc) is 3.58. The number of aryl methyl sites for hydroxylation is 1. The van der Waals surface area contributed by atoms with Crippen molar-refractivity contribution in [1.29, 1.82) is 0 Å². The van der Waals surface area contributed by atoms with Crippen molar-refractivity contribution in [2.75, 3.05) is 26.2 Å². The molecule has 1 aliphatic heterocycles. The van der Waals surface area contributed by atoms with Crippen molar-refractivity contribution in [3.63, 3.8) is 0 Å². The van der Waals surface area contributed by atoms with E-state index in [1.54, 1.807) is 17.1 Å². The molecule has 0 radical (unpaired) electrons. The van der Waals surface area contributed by atoms with Crippen LogP contribution < -0.4 is 15.4 Å². The number of imidazole rings is 1. The van der Waals surface area contributed by atoms with Crippen molar-refractivity contribution in [3.8, 4) is 17.1 Å². The predicted molar refractivity (Wildman–Crippen MR) is 137 cm³/mol. The van der Waals surface area contributed by atoms with Gasteiger partial charge in [-0.1, -0.05) is 12.1 Å². The predicted octanol–water partition coefficient (Wildman–Crippen LogP) is 1.30. The number of nitrogens with zero attached hydrogens (tertiary/aromatic N) is 4. The molecular weight excluding hydrogens is 496 g/mol. The summed E-state index contributed by atoms with van der Waals surface area (Å²) in [5.74, 6) is 0.00923. The van der Waals surface area contributed by atoms with Gasteiger partial charge in [0.05, 0.1) is 24.8 Å². The Labute approximate surface area is 218 Å². The Hall–Kier alpha value is -3.77. The topological polar surface area (TPSA) is 139 Å². The molecule has 0 aliphatic carbocycles.